The molecule has 0 atom stereocenters. The SMILES string of the molecule is Cn1nnc2ccc(C(=O)NC3(C(F)(F)F)CCCCC3)cc21. The van der Waals surface area contributed by atoms with Crippen LogP contribution in [-0.2, 0) is 7.05 Å². The molecule has 0 spiro atoms. The van der Waals surface area contributed by atoms with Crippen LogP contribution in [0.2, 0.25) is 0 Å². The molecule has 5 nitrogen and oxygen atoms in total. The number of alkyl halides is 3. The fourth-order valence-corrected chi connectivity index (χ4v) is 3.10. The van der Waals surface area contributed by atoms with Gasteiger partial charge < -0.3 is 5.32 Å². The largest absolute Gasteiger partial charge is 0.411 e. The number of aryl methyl sites for hydroxylation is 1. The van der Waals surface area contributed by atoms with Gasteiger partial charge in [0, 0.05) is 12.6 Å². The molecule has 1 aromatic carbocycles. The second-order valence-electron chi connectivity index (χ2n) is 6.01. The van der Waals surface area contributed by atoms with E-state index in [0.29, 0.717) is 23.9 Å². The van der Waals surface area contributed by atoms with Crippen LogP contribution in [0.1, 0.15) is 42.5 Å². The average Bonchev–Trinajstić information content (AvgIpc) is 2.88. The molecule has 1 aliphatic carbocycles. The summed E-state index contributed by atoms with van der Waals surface area (Å²) in [6.07, 6.45) is -2.91. The van der Waals surface area contributed by atoms with Gasteiger partial charge in [0.1, 0.15) is 11.1 Å². The van der Waals surface area contributed by atoms with E-state index in [2.05, 4.69) is 15.6 Å². The first kappa shape index (κ1) is 15.8. The Balaban J connectivity index is 1.90. The van der Waals surface area contributed by atoms with Crippen LogP contribution in [0, 0.1) is 0 Å². The van der Waals surface area contributed by atoms with E-state index in [9.17, 15) is 18.0 Å². The van der Waals surface area contributed by atoms with Crippen molar-refractivity contribution in [3.8, 4) is 0 Å². The van der Waals surface area contributed by atoms with Gasteiger partial charge in [0.05, 0.1) is 5.52 Å². The molecule has 0 saturated heterocycles. The molecule has 8 heteroatoms. The maximum atomic E-state index is 13.5. The lowest BCUT2D eigenvalue weighted by atomic mass is 9.81. The number of carbonyl (C=O) groups is 1. The van der Waals surface area contributed by atoms with Crippen molar-refractivity contribution in [3.63, 3.8) is 0 Å². The average molecular weight is 326 g/mol. The quantitative estimate of drug-likeness (QED) is 0.923. The molecule has 1 heterocycles. The number of fused-ring (bicyclic) bond motifs is 1. The topological polar surface area (TPSA) is 59.8 Å². The smallest absolute Gasteiger partial charge is 0.338 e. The van der Waals surface area contributed by atoms with Crippen molar-refractivity contribution in [2.75, 3.05) is 0 Å². The van der Waals surface area contributed by atoms with Gasteiger partial charge in [-0.3, -0.25) is 4.79 Å². The minimum atomic E-state index is -4.46. The number of nitrogens with one attached hydrogen (secondary N) is 1. The molecule has 2 aromatic rings. The normalized spacial score (nSPS) is 18.1. The van der Waals surface area contributed by atoms with Gasteiger partial charge in [-0.15, -0.1) is 5.10 Å². The number of halogens is 3. The van der Waals surface area contributed by atoms with Gasteiger partial charge in [0.25, 0.3) is 5.91 Å². The molecule has 1 aromatic heterocycles. The maximum Gasteiger partial charge on any atom is 0.411 e. The van der Waals surface area contributed by atoms with Crippen LogP contribution in [0.25, 0.3) is 11.0 Å². The van der Waals surface area contributed by atoms with E-state index in [4.69, 9.17) is 0 Å². The Hall–Kier alpha value is -2.12. The number of hydrogen-bond acceptors (Lipinski definition) is 3. The molecule has 0 unspecified atom stereocenters. The van der Waals surface area contributed by atoms with Crippen molar-refractivity contribution >= 4 is 16.9 Å². The summed E-state index contributed by atoms with van der Waals surface area (Å²) in [7, 11) is 1.66. The molecule has 0 radical (unpaired) electrons. The van der Waals surface area contributed by atoms with Gasteiger partial charge in [0.15, 0.2) is 0 Å². The minimum Gasteiger partial charge on any atom is -0.338 e. The Labute approximate surface area is 130 Å². The molecule has 124 valence electrons. The Kier molecular flexibility index (Phi) is 3.77. The van der Waals surface area contributed by atoms with Crippen LogP contribution in [0.5, 0.6) is 0 Å². The number of hydrogen-bond donors (Lipinski definition) is 1. The lowest BCUT2D eigenvalue weighted by Crippen LogP contribution is -2.59. The zero-order chi connectivity index (χ0) is 16.7. The molecule has 23 heavy (non-hydrogen) atoms. The van der Waals surface area contributed by atoms with E-state index < -0.39 is 17.6 Å². The van der Waals surface area contributed by atoms with E-state index >= 15 is 0 Å². The van der Waals surface area contributed by atoms with Crippen molar-refractivity contribution in [1.29, 1.82) is 0 Å². The third kappa shape index (κ3) is 2.77. The Morgan fingerprint density at radius 2 is 1.96 bits per heavy atom. The summed E-state index contributed by atoms with van der Waals surface area (Å²) >= 11 is 0. The fraction of sp³-hybridized carbons (Fsp3) is 0.533. The predicted octanol–water partition coefficient (Wildman–Crippen LogP) is 2.96. The highest BCUT2D eigenvalue weighted by Crippen LogP contribution is 2.41. The van der Waals surface area contributed by atoms with E-state index in [1.165, 1.54) is 16.8 Å². The summed E-state index contributed by atoms with van der Waals surface area (Å²) < 4.78 is 42.0. The Morgan fingerprint density at radius 3 is 2.61 bits per heavy atom. The second-order valence-corrected chi connectivity index (χ2v) is 6.01. The minimum absolute atomic E-state index is 0.0717. The van der Waals surface area contributed by atoms with Gasteiger partial charge in [-0.05, 0) is 31.0 Å². The highest BCUT2D eigenvalue weighted by Gasteiger charge is 2.55. The number of nitrogens with zero attached hydrogens (tertiary/aromatic N) is 3. The molecule has 1 aliphatic rings. The fourth-order valence-electron chi connectivity index (χ4n) is 3.10. The van der Waals surface area contributed by atoms with Crippen molar-refractivity contribution < 1.29 is 18.0 Å². The van der Waals surface area contributed by atoms with Crippen LogP contribution in [-0.4, -0.2) is 32.6 Å². The van der Waals surface area contributed by atoms with E-state index in [1.54, 1.807) is 13.1 Å². The molecule has 0 bridgehead atoms. The number of rotatable bonds is 2. The van der Waals surface area contributed by atoms with Crippen LogP contribution in [0.3, 0.4) is 0 Å². The third-order valence-corrected chi connectivity index (χ3v) is 4.48. The first-order valence-electron chi connectivity index (χ1n) is 7.51. The van der Waals surface area contributed by atoms with Gasteiger partial charge >= 0.3 is 6.18 Å². The Morgan fingerprint density at radius 1 is 1.26 bits per heavy atom. The van der Waals surface area contributed by atoms with Gasteiger partial charge in [0.2, 0.25) is 0 Å². The number of amides is 1. The van der Waals surface area contributed by atoms with Crippen molar-refractivity contribution in [2.24, 2.45) is 7.05 Å². The first-order valence-corrected chi connectivity index (χ1v) is 7.51. The van der Waals surface area contributed by atoms with Gasteiger partial charge in [-0.1, -0.05) is 24.5 Å². The van der Waals surface area contributed by atoms with E-state index in [-0.39, 0.29) is 18.4 Å². The van der Waals surface area contributed by atoms with Gasteiger partial charge in [-0.25, -0.2) is 4.68 Å². The standard InChI is InChI=1S/C15H17F3N4O/c1-22-12-9-10(5-6-11(12)20-21-22)13(23)19-14(15(16,17)18)7-3-2-4-8-14/h5-6,9H,2-4,7-8H2,1H3,(H,19,23). The molecule has 1 saturated carbocycles. The maximum absolute atomic E-state index is 13.5. The lowest BCUT2D eigenvalue weighted by molar-refractivity contribution is -0.201. The number of benzene rings is 1. The summed E-state index contributed by atoms with van der Waals surface area (Å²) in [4.78, 5) is 12.4. The van der Waals surface area contributed by atoms with Crippen molar-refractivity contribution in [1.82, 2.24) is 20.3 Å². The van der Waals surface area contributed by atoms with Crippen LogP contribution < -0.4 is 5.32 Å². The predicted molar refractivity (Wildman–Crippen MR) is 77.8 cm³/mol. The third-order valence-electron chi connectivity index (χ3n) is 4.48. The number of aromatic nitrogens is 3. The summed E-state index contributed by atoms with van der Waals surface area (Å²) in [5, 5.41) is 9.96. The zero-order valence-corrected chi connectivity index (χ0v) is 12.7. The highest BCUT2D eigenvalue weighted by molar-refractivity contribution is 5.97. The molecular formula is C15H17F3N4O. The van der Waals surface area contributed by atoms with Gasteiger partial charge in [-0.2, -0.15) is 13.2 Å². The van der Waals surface area contributed by atoms with Crippen molar-refractivity contribution in [2.45, 2.75) is 43.8 Å². The summed E-state index contributed by atoms with van der Waals surface area (Å²) in [5.41, 5.74) is -0.756. The van der Waals surface area contributed by atoms with Crippen LogP contribution >= 0.6 is 0 Å². The first-order chi connectivity index (χ1) is 10.8. The summed E-state index contributed by atoms with van der Waals surface area (Å²) in [6, 6.07) is 4.56. The monoisotopic (exact) mass is 326 g/mol. The summed E-state index contributed by atoms with van der Waals surface area (Å²) in [5.74, 6) is -0.715. The highest BCUT2D eigenvalue weighted by atomic mass is 19.4. The number of carbonyl (C=O) groups excluding carboxylic acids is 1. The zero-order valence-electron chi connectivity index (χ0n) is 12.7. The molecular weight excluding hydrogens is 309 g/mol. The Bertz CT molecular complexity index is 732. The molecule has 0 aliphatic heterocycles. The molecule has 1 amide bonds. The van der Waals surface area contributed by atoms with Crippen LogP contribution in [0.4, 0.5) is 13.2 Å². The molecule has 1 N–H and O–H groups in total. The van der Waals surface area contributed by atoms with Crippen LogP contribution in [0.15, 0.2) is 18.2 Å². The lowest BCUT2D eigenvalue weighted by Gasteiger charge is -2.39. The second kappa shape index (κ2) is 5.50. The molecule has 3 rings (SSSR count). The summed E-state index contributed by atoms with van der Waals surface area (Å²) in [6.45, 7) is 0. The van der Waals surface area contributed by atoms with E-state index in [1.807, 2.05) is 0 Å². The van der Waals surface area contributed by atoms with E-state index in [0.717, 1.165) is 6.42 Å². The van der Waals surface area contributed by atoms with Crippen molar-refractivity contribution in [3.05, 3.63) is 23.8 Å². The molecule has 1 fully saturated rings.